The van der Waals surface area contributed by atoms with E-state index in [0.29, 0.717) is 5.69 Å². The fourth-order valence-electron chi connectivity index (χ4n) is 1.06. The van der Waals surface area contributed by atoms with Crippen molar-refractivity contribution >= 4 is 17.6 Å². The van der Waals surface area contributed by atoms with E-state index >= 15 is 0 Å². The molecule has 0 aliphatic rings. The van der Waals surface area contributed by atoms with Gasteiger partial charge in [-0.25, -0.2) is 4.98 Å². The van der Waals surface area contributed by atoms with Crippen molar-refractivity contribution in [2.24, 2.45) is 0 Å². The molecule has 0 aliphatic heterocycles. The molecule has 0 atom stereocenters. The fourth-order valence-corrected chi connectivity index (χ4v) is 1.82. The lowest BCUT2D eigenvalue weighted by Gasteiger charge is -1.95. The van der Waals surface area contributed by atoms with Crippen molar-refractivity contribution in [2.45, 2.75) is 0 Å². The second kappa shape index (κ2) is 3.45. The van der Waals surface area contributed by atoms with E-state index in [1.165, 1.54) is 11.3 Å². The number of nitrogens with zero attached hydrogens (tertiary/aromatic N) is 2. The van der Waals surface area contributed by atoms with Crippen LogP contribution < -0.4 is 0 Å². The van der Waals surface area contributed by atoms with Crippen molar-refractivity contribution in [3.8, 4) is 10.4 Å². The first-order chi connectivity index (χ1) is 6.42. The summed E-state index contributed by atoms with van der Waals surface area (Å²) in [5.41, 5.74) is 3.15. The SMILES string of the molecule is O=Cc1ncsc1-c1ccncc1. The van der Waals surface area contributed by atoms with E-state index in [0.717, 1.165) is 16.7 Å². The lowest BCUT2D eigenvalue weighted by atomic mass is 10.2. The zero-order chi connectivity index (χ0) is 9.10. The summed E-state index contributed by atoms with van der Waals surface area (Å²) in [7, 11) is 0. The number of rotatable bonds is 2. The van der Waals surface area contributed by atoms with E-state index < -0.39 is 0 Å². The van der Waals surface area contributed by atoms with Gasteiger partial charge >= 0.3 is 0 Å². The molecule has 0 saturated carbocycles. The summed E-state index contributed by atoms with van der Waals surface area (Å²) in [6.45, 7) is 0. The third kappa shape index (κ3) is 1.48. The number of carbonyl (C=O) groups excluding carboxylic acids is 1. The van der Waals surface area contributed by atoms with Crippen LogP contribution in [0.2, 0.25) is 0 Å². The van der Waals surface area contributed by atoms with E-state index in [1.54, 1.807) is 17.9 Å². The van der Waals surface area contributed by atoms with Gasteiger partial charge < -0.3 is 0 Å². The van der Waals surface area contributed by atoms with E-state index in [1.807, 2.05) is 12.1 Å². The summed E-state index contributed by atoms with van der Waals surface area (Å²) in [5.74, 6) is 0. The minimum atomic E-state index is 0.496. The van der Waals surface area contributed by atoms with Gasteiger partial charge in [0.2, 0.25) is 0 Å². The monoisotopic (exact) mass is 190 g/mol. The van der Waals surface area contributed by atoms with Crippen molar-refractivity contribution in [1.82, 2.24) is 9.97 Å². The van der Waals surface area contributed by atoms with Gasteiger partial charge in [-0.15, -0.1) is 11.3 Å². The number of aromatic nitrogens is 2. The molecule has 0 aromatic carbocycles. The molecule has 0 N–H and O–H groups in total. The minimum Gasteiger partial charge on any atom is -0.296 e. The van der Waals surface area contributed by atoms with Crippen LogP contribution in [0, 0.1) is 0 Å². The highest BCUT2D eigenvalue weighted by molar-refractivity contribution is 7.13. The van der Waals surface area contributed by atoms with Gasteiger partial charge in [0, 0.05) is 12.4 Å². The van der Waals surface area contributed by atoms with Crippen molar-refractivity contribution < 1.29 is 4.79 Å². The lowest BCUT2D eigenvalue weighted by Crippen LogP contribution is -1.83. The summed E-state index contributed by atoms with van der Waals surface area (Å²) < 4.78 is 0. The molecule has 0 amide bonds. The maximum absolute atomic E-state index is 10.6. The van der Waals surface area contributed by atoms with Gasteiger partial charge in [-0.1, -0.05) is 0 Å². The van der Waals surface area contributed by atoms with Crippen LogP contribution in [0.5, 0.6) is 0 Å². The standard InChI is InChI=1S/C9H6N2OS/c12-5-8-9(13-6-11-8)7-1-3-10-4-2-7/h1-6H. The highest BCUT2D eigenvalue weighted by Crippen LogP contribution is 2.25. The van der Waals surface area contributed by atoms with Crippen molar-refractivity contribution in [1.29, 1.82) is 0 Å². The molecule has 3 nitrogen and oxygen atoms in total. The molecule has 2 aromatic heterocycles. The first-order valence-corrected chi connectivity index (χ1v) is 4.59. The lowest BCUT2D eigenvalue weighted by molar-refractivity contribution is 0.112. The maximum Gasteiger partial charge on any atom is 0.169 e. The molecule has 64 valence electrons. The van der Waals surface area contributed by atoms with Crippen LogP contribution in [-0.2, 0) is 0 Å². The Balaban J connectivity index is 2.52. The van der Waals surface area contributed by atoms with Crippen LogP contribution in [-0.4, -0.2) is 16.3 Å². The molecule has 0 unspecified atom stereocenters. The van der Waals surface area contributed by atoms with Gasteiger partial charge in [0.25, 0.3) is 0 Å². The molecular weight excluding hydrogens is 184 g/mol. The van der Waals surface area contributed by atoms with E-state index in [9.17, 15) is 4.79 Å². The van der Waals surface area contributed by atoms with E-state index in [2.05, 4.69) is 9.97 Å². The quantitative estimate of drug-likeness (QED) is 0.680. The number of thiazole rings is 1. The van der Waals surface area contributed by atoms with Crippen LogP contribution in [0.3, 0.4) is 0 Å². The number of hydrogen-bond donors (Lipinski definition) is 0. The summed E-state index contributed by atoms with van der Waals surface area (Å²) in [6, 6.07) is 3.72. The highest BCUT2D eigenvalue weighted by atomic mass is 32.1. The second-order valence-electron chi connectivity index (χ2n) is 2.42. The molecular formula is C9H6N2OS. The Morgan fingerprint density at radius 3 is 2.77 bits per heavy atom. The Hall–Kier alpha value is -1.55. The Morgan fingerprint density at radius 2 is 2.08 bits per heavy atom. The van der Waals surface area contributed by atoms with Gasteiger partial charge in [-0.3, -0.25) is 9.78 Å². The Morgan fingerprint density at radius 1 is 1.31 bits per heavy atom. The topological polar surface area (TPSA) is 42.9 Å². The first kappa shape index (κ1) is 8.07. The molecule has 0 radical (unpaired) electrons. The Bertz CT molecular complexity index is 411. The third-order valence-corrected chi connectivity index (χ3v) is 2.54. The van der Waals surface area contributed by atoms with Crippen molar-refractivity contribution in [3.63, 3.8) is 0 Å². The summed E-state index contributed by atoms with van der Waals surface area (Å²) in [6.07, 6.45) is 4.17. The molecule has 0 aliphatic carbocycles. The average molecular weight is 190 g/mol. The van der Waals surface area contributed by atoms with Crippen molar-refractivity contribution in [2.75, 3.05) is 0 Å². The molecule has 2 rings (SSSR count). The second-order valence-corrected chi connectivity index (χ2v) is 3.28. The first-order valence-electron chi connectivity index (χ1n) is 3.71. The van der Waals surface area contributed by atoms with Crippen molar-refractivity contribution in [3.05, 3.63) is 35.7 Å². The molecule has 2 heterocycles. The van der Waals surface area contributed by atoms with E-state index in [4.69, 9.17) is 0 Å². The highest BCUT2D eigenvalue weighted by Gasteiger charge is 2.06. The van der Waals surface area contributed by atoms with Crippen LogP contribution in [0.4, 0.5) is 0 Å². The van der Waals surface area contributed by atoms with Gasteiger partial charge in [-0.05, 0) is 17.7 Å². The molecule has 13 heavy (non-hydrogen) atoms. The third-order valence-electron chi connectivity index (χ3n) is 1.65. The number of carbonyl (C=O) groups is 1. The van der Waals surface area contributed by atoms with Gasteiger partial charge in [0.15, 0.2) is 6.29 Å². The van der Waals surface area contributed by atoms with Gasteiger partial charge in [0.05, 0.1) is 10.4 Å². The largest absolute Gasteiger partial charge is 0.296 e. The number of hydrogen-bond acceptors (Lipinski definition) is 4. The molecule has 4 heteroatoms. The summed E-state index contributed by atoms with van der Waals surface area (Å²) in [5, 5.41) is 0. The van der Waals surface area contributed by atoms with Crippen LogP contribution in [0.1, 0.15) is 10.5 Å². The predicted octanol–water partition coefficient (Wildman–Crippen LogP) is 2.02. The zero-order valence-electron chi connectivity index (χ0n) is 6.68. The molecule has 0 bridgehead atoms. The van der Waals surface area contributed by atoms with Gasteiger partial charge in [0.1, 0.15) is 5.69 Å². The minimum absolute atomic E-state index is 0.496. The van der Waals surface area contributed by atoms with E-state index in [-0.39, 0.29) is 0 Å². The molecule has 0 fully saturated rings. The normalized spacial score (nSPS) is 9.85. The molecule has 2 aromatic rings. The summed E-state index contributed by atoms with van der Waals surface area (Å²) in [4.78, 5) is 19.3. The molecule has 0 saturated heterocycles. The number of pyridine rings is 1. The van der Waals surface area contributed by atoms with Crippen LogP contribution >= 0.6 is 11.3 Å². The Kier molecular flexibility index (Phi) is 2.14. The average Bonchev–Trinajstić information content (AvgIpc) is 2.67. The predicted molar refractivity (Wildman–Crippen MR) is 50.7 cm³/mol. The smallest absolute Gasteiger partial charge is 0.169 e. The molecule has 0 spiro atoms. The van der Waals surface area contributed by atoms with Gasteiger partial charge in [-0.2, -0.15) is 0 Å². The maximum atomic E-state index is 10.6. The zero-order valence-corrected chi connectivity index (χ0v) is 7.49. The fraction of sp³-hybridized carbons (Fsp3) is 0. The van der Waals surface area contributed by atoms with Crippen LogP contribution in [0.15, 0.2) is 30.0 Å². The van der Waals surface area contributed by atoms with Crippen LogP contribution in [0.25, 0.3) is 10.4 Å². The number of aldehydes is 1. The Labute approximate surface area is 79.1 Å². The summed E-state index contributed by atoms with van der Waals surface area (Å²) >= 11 is 1.46.